The van der Waals surface area contributed by atoms with E-state index in [-0.39, 0.29) is 0 Å². The molecule has 0 radical (unpaired) electrons. The van der Waals surface area contributed by atoms with Crippen molar-refractivity contribution >= 4 is 22.6 Å². The van der Waals surface area contributed by atoms with E-state index < -0.39 is 0 Å². The van der Waals surface area contributed by atoms with Gasteiger partial charge in [0.2, 0.25) is 0 Å². The molecule has 1 aliphatic rings. The van der Waals surface area contributed by atoms with Gasteiger partial charge in [0, 0.05) is 37.8 Å². The van der Waals surface area contributed by atoms with Crippen LogP contribution in [0.5, 0.6) is 0 Å². The molecule has 5 rings (SSSR count). The highest BCUT2D eigenvalue weighted by Crippen LogP contribution is 2.35. The summed E-state index contributed by atoms with van der Waals surface area (Å²) in [5.41, 5.74) is 3.51. The maximum atomic E-state index is 6.03. The molecule has 0 saturated carbocycles. The first-order chi connectivity index (χ1) is 14.1. The highest BCUT2D eigenvalue weighted by molar-refractivity contribution is 5.91. The molecule has 0 unspecified atom stereocenters. The fraction of sp³-hybridized carbons (Fsp3) is 0.318. The highest BCUT2D eigenvalue weighted by atomic mass is 16.5. The van der Waals surface area contributed by atoms with Crippen LogP contribution < -0.4 is 9.80 Å². The number of aryl methyl sites for hydroxylation is 3. The maximum Gasteiger partial charge on any atom is 0.176 e. The average Bonchev–Trinajstić information content (AvgIpc) is 3.28. The van der Waals surface area contributed by atoms with Crippen molar-refractivity contribution < 1.29 is 8.94 Å². The topological polar surface area (TPSA) is 71.4 Å². The Morgan fingerprint density at radius 2 is 1.76 bits per heavy atom. The number of anilines is 2. The van der Waals surface area contributed by atoms with Crippen LogP contribution in [0.2, 0.25) is 0 Å². The summed E-state index contributed by atoms with van der Waals surface area (Å²) in [6.45, 7) is 9.31. The molecule has 1 saturated heterocycles. The summed E-state index contributed by atoms with van der Waals surface area (Å²) in [5.74, 6) is 3.56. The quantitative estimate of drug-likeness (QED) is 0.522. The van der Waals surface area contributed by atoms with E-state index in [0.29, 0.717) is 0 Å². The van der Waals surface area contributed by atoms with Crippen LogP contribution in [0, 0.1) is 20.8 Å². The molecule has 0 atom stereocenters. The van der Waals surface area contributed by atoms with Crippen molar-refractivity contribution in [2.75, 3.05) is 36.0 Å². The van der Waals surface area contributed by atoms with Gasteiger partial charge in [0.15, 0.2) is 11.4 Å². The Kier molecular flexibility index (Phi) is 4.23. The van der Waals surface area contributed by atoms with Crippen LogP contribution in [0.25, 0.3) is 22.2 Å². The molecule has 0 spiro atoms. The fourth-order valence-corrected chi connectivity index (χ4v) is 4.04. The Bertz CT molecular complexity index is 1140. The molecule has 0 aliphatic carbocycles. The van der Waals surface area contributed by atoms with Gasteiger partial charge in [0.05, 0.1) is 17.0 Å². The largest absolute Gasteiger partial charge is 0.457 e. The Morgan fingerprint density at radius 3 is 2.45 bits per heavy atom. The van der Waals surface area contributed by atoms with Crippen molar-refractivity contribution in [3.8, 4) is 11.3 Å². The molecule has 29 heavy (non-hydrogen) atoms. The fourth-order valence-electron chi connectivity index (χ4n) is 4.04. The van der Waals surface area contributed by atoms with Crippen LogP contribution in [0.3, 0.4) is 0 Å². The predicted octanol–water partition coefficient (Wildman–Crippen LogP) is 4.13. The second-order valence-electron chi connectivity index (χ2n) is 7.47. The van der Waals surface area contributed by atoms with Crippen LogP contribution in [0.4, 0.5) is 11.6 Å². The molecule has 5 heterocycles. The minimum atomic E-state index is 0.778. The lowest BCUT2D eigenvalue weighted by molar-refractivity contribution is 0.393. The van der Waals surface area contributed by atoms with E-state index >= 15 is 0 Å². The minimum Gasteiger partial charge on any atom is -0.457 e. The first-order valence-corrected chi connectivity index (χ1v) is 9.85. The number of piperazine rings is 1. The van der Waals surface area contributed by atoms with Gasteiger partial charge < -0.3 is 18.7 Å². The zero-order chi connectivity index (χ0) is 20.0. The summed E-state index contributed by atoms with van der Waals surface area (Å²) in [6, 6.07) is 10.1. The van der Waals surface area contributed by atoms with Crippen molar-refractivity contribution in [3.63, 3.8) is 0 Å². The minimum absolute atomic E-state index is 0.778. The van der Waals surface area contributed by atoms with E-state index in [0.717, 1.165) is 77.3 Å². The number of hydrogen-bond donors (Lipinski definition) is 0. The number of nitrogens with zero attached hydrogens (tertiary/aromatic N) is 5. The van der Waals surface area contributed by atoms with Gasteiger partial charge >= 0.3 is 0 Å². The van der Waals surface area contributed by atoms with E-state index in [1.54, 1.807) is 0 Å². The molecule has 1 fully saturated rings. The molecule has 0 bridgehead atoms. The smallest absolute Gasteiger partial charge is 0.176 e. The molecule has 7 heteroatoms. The summed E-state index contributed by atoms with van der Waals surface area (Å²) >= 11 is 0. The normalized spacial score (nSPS) is 14.7. The first-order valence-electron chi connectivity index (χ1n) is 9.85. The van der Waals surface area contributed by atoms with E-state index in [4.69, 9.17) is 13.9 Å². The number of furan rings is 1. The van der Waals surface area contributed by atoms with Gasteiger partial charge in [0.1, 0.15) is 17.3 Å². The molecule has 0 N–H and O–H groups in total. The van der Waals surface area contributed by atoms with E-state index in [1.807, 2.05) is 39.1 Å². The Hall–Kier alpha value is -3.35. The molecular weight excluding hydrogens is 366 g/mol. The lowest BCUT2D eigenvalue weighted by atomic mass is 10.1. The Morgan fingerprint density at radius 1 is 0.966 bits per heavy atom. The van der Waals surface area contributed by atoms with E-state index in [9.17, 15) is 0 Å². The van der Waals surface area contributed by atoms with Crippen LogP contribution in [0.1, 0.15) is 17.2 Å². The van der Waals surface area contributed by atoms with Crippen LogP contribution >= 0.6 is 0 Å². The van der Waals surface area contributed by atoms with Gasteiger partial charge in [-0.25, -0.2) is 9.97 Å². The molecule has 0 amide bonds. The number of aromatic nitrogens is 3. The molecule has 148 valence electrons. The number of pyridine rings is 2. The number of fused-ring (bicyclic) bond motifs is 1. The first kappa shape index (κ1) is 17.7. The summed E-state index contributed by atoms with van der Waals surface area (Å²) < 4.78 is 11.4. The Balaban J connectivity index is 1.51. The summed E-state index contributed by atoms with van der Waals surface area (Å²) in [7, 11) is 0. The second kappa shape index (κ2) is 6.92. The second-order valence-corrected chi connectivity index (χ2v) is 7.47. The van der Waals surface area contributed by atoms with Gasteiger partial charge in [-0.05, 0) is 45.0 Å². The third kappa shape index (κ3) is 3.12. The summed E-state index contributed by atoms with van der Waals surface area (Å²) in [5, 5.41) is 5.15. The average molecular weight is 389 g/mol. The summed E-state index contributed by atoms with van der Waals surface area (Å²) in [6.07, 6.45) is 1.84. The van der Waals surface area contributed by atoms with Crippen molar-refractivity contribution in [1.82, 2.24) is 15.1 Å². The van der Waals surface area contributed by atoms with Crippen LogP contribution in [-0.4, -0.2) is 41.3 Å². The van der Waals surface area contributed by atoms with Gasteiger partial charge in [-0.3, -0.25) is 0 Å². The molecule has 0 aromatic carbocycles. The van der Waals surface area contributed by atoms with E-state index in [1.165, 1.54) is 0 Å². The van der Waals surface area contributed by atoms with Crippen molar-refractivity contribution in [2.24, 2.45) is 0 Å². The standard InChI is InChI=1S/C22H23N5O2/c1-14-12-17-13-18(20-15(2)25-29-16(20)3)24-22(21(17)28-14)27-10-8-26(9-11-27)19-6-4-5-7-23-19/h4-7,12-13H,8-11H2,1-3H3. The summed E-state index contributed by atoms with van der Waals surface area (Å²) in [4.78, 5) is 14.1. The SMILES string of the molecule is Cc1cc2cc(-c3c(C)noc3C)nc(N3CCN(c4ccccn4)CC3)c2o1. The van der Waals surface area contributed by atoms with Gasteiger partial charge in [-0.1, -0.05) is 11.2 Å². The van der Waals surface area contributed by atoms with Crippen LogP contribution in [-0.2, 0) is 0 Å². The monoisotopic (exact) mass is 389 g/mol. The van der Waals surface area contributed by atoms with Gasteiger partial charge in [-0.2, -0.15) is 0 Å². The molecule has 4 aromatic rings. The molecular formula is C22H23N5O2. The molecule has 4 aromatic heterocycles. The maximum absolute atomic E-state index is 6.03. The molecule has 7 nitrogen and oxygen atoms in total. The third-order valence-electron chi connectivity index (χ3n) is 5.45. The van der Waals surface area contributed by atoms with Gasteiger partial charge in [0.25, 0.3) is 0 Å². The zero-order valence-corrected chi connectivity index (χ0v) is 16.8. The van der Waals surface area contributed by atoms with Crippen molar-refractivity contribution in [1.29, 1.82) is 0 Å². The third-order valence-corrected chi connectivity index (χ3v) is 5.45. The number of hydrogen-bond acceptors (Lipinski definition) is 7. The lowest BCUT2D eigenvalue weighted by Gasteiger charge is -2.36. The molecule has 1 aliphatic heterocycles. The van der Waals surface area contributed by atoms with E-state index in [2.05, 4.69) is 38.1 Å². The van der Waals surface area contributed by atoms with Crippen molar-refractivity contribution in [3.05, 3.63) is 53.7 Å². The predicted molar refractivity (Wildman–Crippen MR) is 112 cm³/mol. The Labute approximate surface area is 168 Å². The van der Waals surface area contributed by atoms with Crippen LogP contribution in [0.15, 0.2) is 45.5 Å². The van der Waals surface area contributed by atoms with Gasteiger partial charge in [-0.15, -0.1) is 0 Å². The lowest BCUT2D eigenvalue weighted by Crippen LogP contribution is -2.47. The zero-order valence-electron chi connectivity index (χ0n) is 16.8. The highest BCUT2D eigenvalue weighted by Gasteiger charge is 2.24. The van der Waals surface area contributed by atoms with Crippen molar-refractivity contribution in [2.45, 2.75) is 20.8 Å². The number of rotatable bonds is 3.